The molecule has 1 atom stereocenters. The van der Waals surface area contributed by atoms with Gasteiger partial charge in [-0.15, -0.1) is 0 Å². The molecule has 1 aliphatic heterocycles. The zero-order valence-corrected chi connectivity index (χ0v) is 11.4. The third-order valence-corrected chi connectivity index (χ3v) is 3.06. The Morgan fingerprint density at radius 2 is 2.00 bits per heavy atom. The Morgan fingerprint density at radius 1 is 1.25 bits per heavy atom. The normalized spacial score (nSPS) is 18.4. The summed E-state index contributed by atoms with van der Waals surface area (Å²) in [5.41, 5.74) is 1.00. The number of benzene rings is 1. The van der Waals surface area contributed by atoms with Crippen LogP contribution in [0.15, 0.2) is 46.0 Å². The number of hydrogen-bond donors (Lipinski definition) is 1. The quantitative estimate of drug-likeness (QED) is 0.931. The number of nitrogens with zero attached hydrogens (tertiary/aromatic N) is 2. The van der Waals surface area contributed by atoms with Crippen molar-refractivity contribution in [2.24, 2.45) is 4.99 Å². The van der Waals surface area contributed by atoms with Gasteiger partial charge in [-0.05, 0) is 19.4 Å². The highest BCUT2D eigenvalue weighted by Gasteiger charge is 2.29. The zero-order valence-electron chi connectivity index (χ0n) is 11.4. The van der Waals surface area contributed by atoms with Crippen LogP contribution in [-0.4, -0.2) is 28.1 Å². The fraction of sp³-hybridized carbons (Fsp3) is 0.333. The first kappa shape index (κ1) is 12.9. The zero-order chi connectivity index (χ0) is 14.2. The lowest BCUT2D eigenvalue weighted by Crippen LogP contribution is -2.17. The van der Waals surface area contributed by atoms with Crippen molar-refractivity contribution in [2.75, 3.05) is 6.61 Å². The fourth-order valence-corrected chi connectivity index (χ4v) is 2.00. The minimum absolute atomic E-state index is 0.238. The molecule has 1 aliphatic rings. The largest absolute Gasteiger partial charge is 0.474 e. The summed E-state index contributed by atoms with van der Waals surface area (Å²) >= 11 is 0. The summed E-state index contributed by atoms with van der Waals surface area (Å²) in [5.74, 6) is 0.701. The molecule has 5 heteroatoms. The predicted octanol–water partition coefficient (Wildman–Crippen LogP) is 2.31. The summed E-state index contributed by atoms with van der Waals surface area (Å²) in [6, 6.07) is 9.24. The van der Waals surface area contributed by atoms with E-state index in [0.29, 0.717) is 18.2 Å². The Kier molecular flexibility index (Phi) is 3.06. The maximum atomic E-state index is 10.2. The maximum absolute atomic E-state index is 10.2. The molecule has 20 heavy (non-hydrogen) atoms. The molecule has 2 heterocycles. The lowest BCUT2D eigenvalue weighted by Gasteiger charge is -2.07. The number of aliphatic hydroxyl groups excluding tert-OH is 1. The molecule has 2 aromatic rings. The van der Waals surface area contributed by atoms with E-state index in [2.05, 4.69) is 9.98 Å². The third-order valence-electron chi connectivity index (χ3n) is 3.06. The standard InChI is InChI=1S/C15H16N2O3/c1-15(2)9-20-13(17-15)11-8-19-14(16-11)12(18)10-6-4-3-5-7-10/h3-8,12,18H,9H2,1-2H3. The van der Waals surface area contributed by atoms with Crippen molar-refractivity contribution >= 4 is 5.90 Å². The molecule has 0 aliphatic carbocycles. The van der Waals surface area contributed by atoms with E-state index in [9.17, 15) is 5.11 Å². The molecule has 0 amide bonds. The van der Waals surface area contributed by atoms with Crippen molar-refractivity contribution in [1.82, 2.24) is 4.98 Å². The predicted molar refractivity (Wildman–Crippen MR) is 73.6 cm³/mol. The summed E-state index contributed by atoms with van der Waals surface area (Å²) in [6.07, 6.45) is 0.571. The SMILES string of the molecule is CC1(C)COC(c2coc(C(O)c3ccccc3)n2)=N1. The number of aromatic nitrogens is 1. The third kappa shape index (κ3) is 2.44. The van der Waals surface area contributed by atoms with Gasteiger partial charge in [-0.2, -0.15) is 0 Å². The first-order valence-electron chi connectivity index (χ1n) is 6.47. The summed E-state index contributed by atoms with van der Waals surface area (Å²) in [6.45, 7) is 4.49. The van der Waals surface area contributed by atoms with Crippen LogP contribution in [0.2, 0.25) is 0 Å². The second kappa shape index (κ2) is 4.76. The van der Waals surface area contributed by atoms with E-state index in [4.69, 9.17) is 9.15 Å². The van der Waals surface area contributed by atoms with Crippen molar-refractivity contribution in [3.63, 3.8) is 0 Å². The lowest BCUT2D eigenvalue weighted by molar-refractivity contribution is 0.182. The highest BCUT2D eigenvalue weighted by atomic mass is 16.5. The van der Waals surface area contributed by atoms with Crippen molar-refractivity contribution in [3.8, 4) is 0 Å². The van der Waals surface area contributed by atoms with Crippen LogP contribution in [0.1, 0.15) is 37.1 Å². The van der Waals surface area contributed by atoms with E-state index in [0.717, 1.165) is 5.56 Å². The van der Waals surface area contributed by atoms with Crippen molar-refractivity contribution in [3.05, 3.63) is 53.7 Å². The van der Waals surface area contributed by atoms with E-state index in [1.165, 1.54) is 6.26 Å². The van der Waals surface area contributed by atoms with Gasteiger partial charge in [0.05, 0.1) is 5.54 Å². The van der Waals surface area contributed by atoms with E-state index >= 15 is 0 Å². The number of hydrogen-bond acceptors (Lipinski definition) is 5. The maximum Gasteiger partial charge on any atom is 0.239 e. The van der Waals surface area contributed by atoms with E-state index in [1.54, 1.807) is 0 Å². The second-order valence-electron chi connectivity index (χ2n) is 5.40. The van der Waals surface area contributed by atoms with Crippen LogP contribution in [0.4, 0.5) is 0 Å². The Labute approximate surface area is 116 Å². The average molecular weight is 272 g/mol. The van der Waals surface area contributed by atoms with Gasteiger partial charge in [0.15, 0.2) is 11.8 Å². The highest BCUT2D eigenvalue weighted by molar-refractivity contribution is 5.93. The molecule has 0 saturated carbocycles. The van der Waals surface area contributed by atoms with Crippen LogP contribution in [0, 0.1) is 0 Å². The Bertz CT molecular complexity index is 632. The summed E-state index contributed by atoms with van der Waals surface area (Å²) in [7, 11) is 0. The van der Waals surface area contributed by atoms with Gasteiger partial charge in [0, 0.05) is 0 Å². The van der Waals surface area contributed by atoms with E-state index in [1.807, 2.05) is 44.2 Å². The number of rotatable bonds is 3. The number of aliphatic imine (C=N–C) groups is 1. The van der Waals surface area contributed by atoms with Gasteiger partial charge < -0.3 is 14.3 Å². The van der Waals surface area contributed by atoms with Crippen LogP contribution >= 0.6 is 0 Å². The molecule has 3 rings (SSSR count). The average Bonchev–Trinajstić information content (AvgIpc) is 3.05. The summed E-state index contributed by atoms with van der Waals surface area (Å²) < 4.78 is 10.8. The number of oxazole rings is 1. The van der Waals surface area contributed by atoms with Gasteiger partial charge in [-0.3, -0.25) is 0 Å². The molecule has 0 fully saturated rings. The van der Waals surface area contributed by atoms with Gasteiger partial charge in [0.25, 0.3) is 0 Å². The molecule has 0 spiro atoms. The first-order chi connectivity index (χ1) is 9.55. The Balaban J connectivity index is 1.85. The van der Waals surface area contributed by atoms with Gasteiger partial charge in [0.1, 0.15) is 12.9 Å². The van der Waals surface area contributed by atoms with Gasteiger partial charge in [-0.1, -0.05) is 30.3 Å². The smallest absolute Gasteiger partial charge is 0.239 e. The molecule has 5 nitrogen and oxygen atoms in total. The molecule has 0 saturated heterocycles. The minimum Gasteiger partial charge on any atom is -0.474 e. The molecule has 0 bridgehead atoms. The van der Waals surface area contributed by atoms with Crippen molar-refractivity contribution < 1.29 is 14.3 Å². The number of aliphatic hydroxyl groups is 1. The van der Waals surface area contributed by atoms with Crippen LogP contribution in [0.5, 0.6) is 0 Å². The molecule has 104 valence electrons. The first-order valence-corrected chi connectivity index (χ1v) is 6.47. The monoisotopic (exact) mass is 272 g/mol. The van der Waals surface area contributed by atoms with Crippen LogP contribution in [0.3, 0.4) is 0 Å². The van der Waals surface area contributed by atoms with Gasteiger partial charge in [0.2, 0.25) is 11.8 Å². The van der Waals surface area contributed by atoms with Gasteiger partial charge in [-0.25, -0.2) is 9.98 Å². The van der Waals surface area contributed by atoms with Crippen LogP contribution in [-0.2, 0) is 4.74 Å². The Morgan fingerprint density at radius 3 is 2.65 bits per heavy atom. The van der Waals surface area contributed by atoms with Gasteiger partial charge >= 0.3 is 0 Å². The fourth-order valence-electron chi connectivity index (χ4n) is 2.00. The molecular formula is C15H16N2O3. The molecule has 1 aromatic carbocycles. The van der Waals surface area contributed by atoms with Crippen LogP contribution < -0.4 is 0 Å². The van der Waals surface area contributed by atoms with Crippen LogP contribution in [0.25, 0.3) is 0 Å². The molecular weight excluding hydrogens is 256 g/mol. The highest BCUT2D eigenvalue weighted by Crippen LogP contribution is 2.24. The molecule has 1 aromatic heterocycles. The summed E-state index contributed by atoms with van der Waals surface area (Å²) in [5, 5.41) is 10.2. The lowest BCUT2D eigenvalue weighted by atomic mass is 10.1. The Hall–Kier alpha value is -2.14. The minimum atomic E-state index is -0.889. The summed E-state index contributed by atoms with van der Waals surface area (Å²) in [4.78, 5) is 8.69. The molecule has 1 N–H and O–H groups in total. The van der Waals surface area contributed by atoms with E-state index < -0.39 is 6.10 Å². The number of ether oxygens (including phenoxy) is 1. The van der Waals surface area contributed by atoms with E-state index in [-0.39, 0.29) is 11.4 Å². The van der Waals surface area contributed by atoms with Crippen molar-refractivity contribution in [1.29, 1.82) is 0 Å². The topological polar surface area (TPSA) is 67.8 Å². The second-order valence-corrected chi connectivity index (χ2v) is 5.40. The molecule has 0 radical (unpaired) electrons. The molecule has 1 unspecified atom stereocenters. The van der Waals surface area contributed by atoms with Crippen molar-refractivity contribution in [2.45, 2.75) is 25.5 Å².